The third-order valence-electron chi connectivity index (χ3n) is 2.46. The fourth-order valence-corrected chi connectivity index (χ4v) is 2.26. The van der Waals surface area contributed by atoms with Gasteiger partial charge in [0.2, 0.25) is 0 Å². The van der Waals surface area contributed by atoms with Gasteiger partial charge in [0.1, 0.15) is 12.2 Å². The third-order valence-corrected chi connectivity index (χ3v) is 3.20. The maximum Gasteiger partial charge on any atom is 0.125 e. The fraction of sp³-hybridized carbons (Fsp3) is 0.300. The molecule has 2 nitrogen and oxygen atoms in total. The molecule has 0 atom stereocenters. The van der Waals surface area contributed by atoms with Crippen LogP contribution in [0.3, 0.4) is 0 Å². The first-order valence-corrected chi connectivity index (χ1v) is 5.40. The van der Waals surface area contributed by atoms with Crippen molar-refractivity contribution < 1.29 is 4.39 Å². The molecule has 0 spiro atoms. The van der Waals surface area contributed by atoms with E-state index < -0.39 is 0 Å². The lowest BCUT2D eigenvalue weighted by Gasteiger charge is -2.24. The molecule has 14 heavy (non-hydrogen) atoms. The highest BCUT2D eigenvalue weighted by molar-refractivity contribution is 7.98. The van der Waals surface area contributed by atoms with Crippen LogP contribution in [0.15, 0.2) is 27.5 Å². The molecule has 1 aromatic rings. The quantitative estimate of drug-likeness (QED) is 0.659. The van der Waals surface area contributed by atoms with E-state index >= 15 is 0 Å². The van der Waals surface area contributed by atoms with Crippen molar-refractivity contribution in [2.75, 3.05) is 4.90 Å². The second kappa shape index (κ2) is 2.98. The van der Waals surface area contributed by atoms with Crippen LogP contribution in [-0.4, -0.2) is 12.4 Å². The van der Waals surface area contributed by atoms with Crippen molar-refractivity contribution in [1.29, 1.82) is 0 Å². The lowest BCUT2D eigenvalue weighted by atomic mass is 10.3. The van der Waals surface area contributed by atoms with E-state index in [1.165, 1.54) is 30.9 Å². The van der Waals surface area contributed by atoms with Gasteiger partial charge in [0.15, 0.2) is 0 Å². The van der Waals surface area contributed by atoms with E-state index in [2.05, 4.69) is 9.30 Å². The molecule has 0 saturated heterocycles. The maximum atomic E-state index is 13.1. The van der Waals surface area contributed by atoms with Crippen LogP contribution in [0.5, 0.6) is 0 Å². The Bertz CT molecular complexity index is 401. The summed E-state index contributed by atoms with van der Waals surface area (Å²) in [7, 11) is 0. The van der Waals surface area contributed by atoms with Gasteiger partial charge in [0.05, 0.1) is 10.6 Å². The van der Waals surface area contributed by atoms with Gasteiger partial charge in [-0.05, 0) is 31.0 Å². The van der Waals surface area contributed by atoms with Crippen molar-refractivity contribution >= 4 is 24.0 Å². The Labute approximate surface area is 86.0 Å². The first-order chi connectivity index (χ1) is 6.84. The lowest BCUT2D eigenvalue weighted by molar-refractivity contribution is 0.626. The normalized spacial score (nSPS) is 19.6. The molecule has 1 aliphatic carbocycles. The Morgan fingerprint density at radius 2 is 2.29 bits per heavy atom. The van der Waals surface area contributed by atoms with Gasteiger partial charge in [-0.15, -0.1) is 0 Å². The molecule has 0 radical (unpaired) electrons. The Balaban J connectivity index is 2.06. The predicted octanol–water partition coefficient (Wildman–Crippen LogP) is 2.84. The summed E-state index contributed by atoms with van der Waals surface area (Å²) in [4.78, 5) is 3.12. The summed E-state index contributed by atoms with van der Waals surface area (Å²) >= 11 is 1.41. The van der Waals surface area contributed by atoms with Gasteiger partial charge in [-0.3, -0.25) is 0 Å². The van der Waals surface area contributed by atoms with Crippen LogP contribution in [0.1, 0.15) is 12.8 Å². The van der Waals surface area contributed by atoms with E-state index in [1.807, 2.05) is 6.34 Å². The molecule has 4 heteroatoms. The van der Waals surface area contributed by atoms with Crippen molar-refractivity contribution in [2.45, 2.75) is 23.8 Å². The van der Waals surface area contributed by atoms with Crippen LogP contribution in [0.25, 0.3) is 0 Å². The minimum Gasteiger partial charge on any atom is -0.328 e. The summed E-state index contributed by atoms with van der Waals surface area (Å²) in [6.45, 7) is 0. The summed E-state index contributed by atoms with van der Waals surface area (Å²) in [5.41, 5.74) is 0.965. The summed E-state index contributed by atoms with van der Waals surface area (Å²) in [5.74, 6) is -0.176. The summed E-state index contributed by atoms with van der Waals surface area (Å²) < 4.78 is 17.3. The van der Waals surface area contributed by atoms with E-state index in [4.69, 9.17) is 0 Å². The molecule has 1 heterocycles. The SMILES string of the molecule is Fc1ccc2c(c1)N(C1CC1)C=NS2. The van der Waals surface area contributed by atoms with E-state index in [0.29, 0.717) is 6.04 Å². The summed E-state index contributed by atoms with van der Waals surface area (Å²) in [6.07, 6.45) is 4.18. The average Bonchev–Trinajstić information content (AvgIpc) is 3.00. The number of fused-ring (bicyclic) bond motifs is 1. The second-order valence-electron chi connectivity index (χ2n) is 3.56. The molecule has 0 unspecified atom stereocenters. The molecule has 0 bridgehead atoms. The van der Waals surface area contributed by atoms with Crippen molar-refractivity contribution in [3.05, 3.63) is 24.0 Å². The zero-order chi connectivity index (χ0) is 9.54. The molecule has 1 aliphatic heterocycles. The second-order valence-corrected chi connectivity index (χ2v) is 4.40. The number of anilines is 1. The first kappa shape index (κ1) is 8.29. The van der Waals surface area contributed by atoms with E-state index in [1.54, 1.807) is 12.1 Å². The smallest absolute Gasteiger partial charge is 0.125 e. The largest absolute Gasteiger partial charge is 0.328 e. The van der Waals surface area contributed by atoms with Gasteiger partial charge < -0.3 is 4.90 Å². The number of hydrogen-bond donors (Lipinski definition) is 0. The molecule has 0 amide bonds. The zero-order valence-electron chi connectivity index (χ0n) is 7.48. The monoisotopic (exact) mass is 208 g/mol. The topological polar surface area (TPSA) is 15.6 Å². The first-order valence-electron chi connectivity index (χ1n) is 4.63. The Morgan fingerprint density at radius 1 is 1.43 bits per heavy atom. The van der Waals surface area contributed by atoms with Gasteiger partial charge >= 0.3 is 0 Å². The van der Waals surface area contributed by atoms with Gasteiger partial charge in [-0.1, -0.05) is 0 Å². The van der Waals surface area contributed by atoms with E-state index in [9.17, 15) is 4.39 Å². The Hall–Kier alpha value is -1.03. The third kappa shape index (κ3) is 1.30. The van der Waals surface area contributed by atoms with Crippen LogP contribution in [-0.2, 0) is 0 Å². The number of nitrogens with zero attached hydrogens (tertiary/aromatic N) is 2. The number of hydrogen-bond acceptors (Lipinski definition) is 3. The molecule has 1 saturated carbocycles. The fourth-order valence-electron chi connectivity index (χ4n) is 1.61. The van der Waals surface area contributed by atoms with E-state index in [0.717, 1.165) is 10.6 Å². The maximum absolute atomic E-state index is 13.1. The number of benzene rings is 1. The predicted molar refractivity (Wildman–Crippen MR) is 56.3 cm³/mol. The van der Waals surface area contributed by atoms with Gasteiger partial charge in [-0.25, -0.2) is 8.79 Å². The summed E-state index contributed by atoms with van der Waals surface area (Å²) in [6, 6.07) is 5.41. The minimum absolute atomic E-state index is 0.176. The molecule has 72 valence electrons. The van der Waals surface area contributed by atoms with Crippen molar-refractivity contribution in [3.8, 4) is 0 Å². The number of rotatable bonds is 1. The molecular formula is C10H9FN2S. The Morgan fingerprint density at radius 3 is 3.07 bits per heavy atom. The van der Waals surface area contributed by atoms with Crippen molar-refractivity contribution in [2.24, 2.45) is 4.40 Å². The van der Waals surface area contributed by atoms with E-state index in [-0.39, 0.29) is 5.82 Å². The van der Waals surface area contributed by atoms with Crippen LogP contribution in [0.2, 0.25) is 0 Å². The average molecular weight is 208 g/mol. The van der Waals surface area contributed by atoms with Gasteiger partial charge in [0.25, 0.3) is 0 Å². The highest BCUT2D eigenvalue weighted by Gasteiger charge is 2.31. The molecule has 1 aromatic carbocycles. The van der Waals surface area contributed by atoms with Crippen molar-refractivity contribution in [3.63, 3.8) is 0 Å². The summed E-state index contributed by atoms with van der Waals surface area (Å²) in [5, 5.41) is 0. The van der Waals surface area contributed by atoms with Gasteiger partial charge in [-0.2, -0.15) is 0 Å². The van der Waals surface area contributed by atoms with Crippen LogP contribution in [0.4, 0.5) is 10.1 Å². The minimum atomic E-state index is -0.176. The zero-order valence-corrected chi connectivity index (χ0v) is 8.30. The van der Waals surface area contributed by atoms with Crippen molar-refractivity contribution in [1.82, 2.24) is 0 Å². The molecular weight excluding hydrogens is 199 g/mol. The molecule has 1 fully saturated rings. The molecule has 0 N–H and O–H groups in total. The standard InChI is InChI=1S/C10H9FN2S/c11-7-1-4-10-9(5-7)13(6-12-14-10)8-2-3-8/h1,4-6,8H,2-3H2. The molecule has 2 aliphatic rings. The highest BCUT2D eigenvalue weighted by Crippen LogP contribution is 2.39. The number of halogens is 1. The molecule has 0 aromatic heterocycles. The van der Waals surface area contributed by atoms with Crippen LogP contribution < -0.4 is 4.90 Å². The van der Waals surface area contributed by atoms with Crippen LogP contribution >= 0.6 is 11.9 Å². The highest BCUT2D eigenvalue weighted by atomic mass is 32.2. The Kier molecular flexibility index (Phi) is 1.77. The molecule has 3 rings (SSSR count). The lowest BCUT2D eigenvalue weighted by Crippen LogP contribution is -2.25. The van der Waals surface area contributed by atoms with Crippen LogP contribution in [0, 0.1) is 5.82 Å². The van der Waals surface area contributed by atoms with Gasteiger partial charge in [0, 0.05) is 18.0 Å².